The number of nitrogens with one attached hydrogen (secondary N) is 6. The van der Waals surface area contributed by atoms with Crippen LogP contribution in [-0.4, -0.2) is 427 Å². The number of anilines is 1. The number of thioether (sulfide) groups is 2. The van der Waals surface area contributed by atoms with Crippen molar-refractivity contribution in [1.82, 2.24) is 31.5 Å². The van der Waals surface area contributed by atoms with Crippen molar-refractivity contribution in [3.05, 3.63) is 64.7 Å². The second-order valence-electron chi connectivity index (χ2n) is 34.0. The third kappa shape index (κ3) is 26.5. The highest BCUT2D eigenvalue weighted by Crippen LogP contribution is 2.40. The van der Waals surface area contributed by atoms with E-state index in [4.69, 9.17) is 162 Å². The second-order valence-corrected chi connectivity index (χ2v) is 37.5. The summed E-state index contributed by atoms with van der Waals surface area (Å²) in [6.45, 7) is 3.92. The molecule has 732 valence electrons. The van der Waals surface area contributed by atoms with Crippen LogP contribution in [0.2, 0.25) is 0 Å². The number of aliphatic hydroxyl groups excluding tert-OH is 12. The molecule has 0 amide bonds. The molecule has 6 saturated heterocycles. The molecule has 8 fully saturated rings. The minimum atomic E-state index is -1.62. The third-order valence-corrected chi connectivity index (χ3v) is 27.7. The molecule has 9 aliphatic rings. The number of carbonyl (C=O) groups is 2. The Labute approximate surface area is 772 Å². The molecule has 11 rings (SSSR count). The maximum atomic E-state index is 13.4. The average molecular weight is 1930 g/mol. The molecule has 50 heteroatoms. The van der Waals surface area contributed by atoms with Crippen LogP contribution < -0.4 is 101 Å². The first kappa shape index (κ1) is 106. The Bertz CT molecular complexity index is 3880. The first-order valence-corrected chi connectivity index (χ1v) is 47.4. The molecular formula is C79H135N19O26S5. The van der Waals surface area contributed by atoms with Crippen molar-refractivity contribution in [1.29, 1.82) is 0 Å². The number of benzene rings is 2. The molecule has 6 aliphatic heterocycles. The summed E-state index contributed by atoms with van der Waals surface area (Å²) in [5, 5.41) is 154. The SMILES string of the molecule is NCC1O[C@@H](O[C@@H]2C(N)C[C@@H](N)C(O)[C@H]2OC2O[C@H](CSCCNC(=S)NCCCCN(CCCCCNC(=S)Nc3ccc4c(c3)C(=O)c3ccccc3C4=O)CCCNC(=S)NCCSC[C@H]3OC(O[C@@H]4C(O)[C@H](N)CC(N)[C@H]4O[C@@H]4OC(CN)[C@@H](O)[C@H](O)C4N)[C@@H](O)[C@H]3O[C@H]3O[C@@H](CN)[C@@H](O)C(O)C3N)[C@H](O[C@H]3O[C@@H](CN)[C@@H](O)C(O)C3N)[C@@H]2O)C(N)[C@@H](O)[C@@H]1O. The van der Waals surface area contributed by atoms with Crippen LogP contribution in [0.3, 0.4) is 0 Å². The fraction of sp³-hybridized carbons (Fsp3) is 0.785. The molecule has 2 aromatic carbocycles. The Morgan fingerprint density at radius 2 is 0.682 bits per heavy atom. The van der Waals surface area contributed by atoms with Crippen molar-refractivity contribution < 1.29 is 128 Å². The molecule has 129 heavy (non-hydrogen) atoms. The summed E-state index contributed by atoms with van der Waals surface area (Å²) >= 11 is 19.9. The summed E-state index contributed by atoms with van der Waals surface area (Å²) < 4.78 is 74.0. The van der Waals surface area contributed by atoms with Gasteiger partial charge in [0.15, 0.2) is 64.6 Å². The van der Waals surface area contributed by atoms with Crippen molar-refractivity contribution >= 4 is 92.8 Å². The van der Waals surface area contributed by atoms with Gasteiger partial charge in [-0.3, -0.25) is 9.59 Å². The number of nitrogens with two attached hydrogens (primary N) is 12. The highest BCUT2D eigenvalue weighted by atomic mass is 32.2. The van der Waals surface area contributed by atoms with Crippen molar-refractivity contribution in [2.75, 3.05) is 107 Å². The standard InChI is InChI=1S/C79H135N19O26S5/c80-26-41-55(103)59(107)47(88)71(113-41)119-65-39(86)24-37(84)53(101)69(65)123-75-63(111)67(121-73-49(90)61(109)57(105)43(28-82)115-73)45(117-75)30-128-21-16-95-77(125)92-14-5-7-19-98(18-6-1-4-13-94-79(127)97-32-11-12-35-36(23-32)52(100)34-10-3-2-9-33(34)51(35)99)20-8-15-93-78(126)96-17-22-129-31-46-68(122-74-50(91)62(110)58(106)44(29-83)116-74)64(112)76(118-46)124-70-54(102)38(85)25-40(87)66(70)120-72-48(89)60(108)56(104)42(27-81)114-72/h2-3,9-12,23,37-50,53-76,101-112H,1,4-8,13-22,24-31,80-91H2,(H2,92,95,125)(H2,93,96,126)(H2,94,97,127)/t37-,38-,39?,40?,41?,42?,43+,44+,45-,46-,47?,48?,49?,50?,53?,54?,55-,56-,57-,58-,59-,60-,61?,62?,63+,64+,65-,66-,67+,68+,69-,70-,71+,72+,73-,74-,75?,76?/m1/s1. The van der Waals surface area contributed by atoms with E-state index in [0.717, 1.165) is 58.2 Å². The van der Waals surface area contributed by atoms with Gasteiger partial charge in [-0.05, 0) is 119 Å². The van der Waals surface area contributed by atoms with E-state index in [1.54, 1.807) is 42.5 Å². The zero-order chi connectivity index (χ0) is 93.4. The number of hydrogen-bond donors (Lipinski definition) is 30. The highest BCUT2D eigenvalue weighted by Gasteiger charge is 2.58. The number of hydrogen-bond acceptors (Lipinski definition) is 44. The van der Waals surface area contributed by atoms with Crippen LogP contribution in [-0.2, 0) is 56.8 Å². The van der Waals surface area contributed by atoms with Gasteiger partial charge in [-0.2, -0.15) is 23.5 Å². The number of fused-ring (bicyclic) bond motifs is 2. The number of thiocarbonyl (C=S) groups is 3. The number of unbranched alkanes of at least 4 members (excludes halogenated alkanes) is 3. The Kier molecular flexibility index (Phi) is 40.8. The summed E-state index contributed by atoms with van der Waals surface area (Å²) in [7, 11) is 0. The Morgan fingerprint density at radius 1 is 0.357 bits per heavy atom. The van der Waals surface area contributed by atoms with Gasteiger partial charge in [-0.1, -0.05) is 30.7 Å². The molecule has 45 nitrogen and oxygen atoms in total. The van der Waals surface area contributed by atoms with Gasteiger partial charge in [0.2, 0.25) is 0 Å². The van der Waals surface area contributed by atoms with Gasteiger partial charge >= 0.3 is 0 Å². The molecule has 2 saturated carbocycles. The second kappa shape index (κ2) is 49.9. The minimum absolute atomic E-state index is 0.0436. The average Bonchev–Trinajstić information content (AvgIpc) is 1.33. The molecule has 0 radical (unpaired) electrons. The largest absolute Gasteiger partial charge is 0.389 e. The lowest BCUT2D eigenvalue weighted by molar-refractivity contribution is -0.306. The maximum Gasteiger partial charge on any atom is 0.194 e. The number of rotatable bonds is 42. The zero-order valence-corrected chi connectivity index (χ0v) is 75.5. The van der Waals surface area contributed by atoms with Gasteiger partial charge in [-0.25, -0.2) is 0 Å². The van der Waals surface area contributed by atoms with E-state index in [-0.39, 0.29) is 62.1 Å². The fourth-order valence-corrected chi connectivity index (χ4v) is 19.6. The van der Waals surface area contributed by atoms with Crippen LogP contribution in [0.1, 0.15) is 83.2 Å². The van der Waals surface area contributed by atoms with Gasteiger partial charge in [0.25, 0.3) is 0 Å². The van der Waals surface area contributed by atoms with E-state index in [9.17, 15) is 70.9 Å². The molecule has 3 aliphatic carbocycles. The highest BCUT2D eigenvalue weighted by molar-refractivity contribution is 7.99. The van der Waals surface area contributed by atoms with E-state index in [2.05, 4.69) is 36.8 Å². The summed E-state index contributed by atoms with van der Waals surface area (Å²) in [5.41, 5.74) is 76.4. The molecule has 6 heterocycles. The van der Waals surface area contributed by atoms with Gasteiger partial charge in [0.05, 0.1) is 48.6 Å². The topological polar surface area (TPSA) is 775 Å². The number of carbonyl (C=O) groups excluding carboxylic acids is 2. The maximum absolute atomic E-state index is 13.4. The lowest BCUT2D eigenvalue weighted by atomic mass is 9.84. The Hall–Kier alpha value is -3.93. The number of ether oxygens (including phenoxy) is 12. The van der Waals surface area contributed by atoms with E-state index in [1.807, 2.05) is 0 Å². The Morgan fingerprint density at radius 3 is 1.09 bits per heavy atom. The molecular weight excluding hydrogens is 1790 g/mol. The van der Waals surface area contributed by atoms with Crippen molar-refractivity contribution in [2.45, 2.75) is 284 Å². The van der Waals surface area contributed by atoms with Crippen LogP contribution in [0.5, 0.6) is 0 Å². The molecule has 38 atom stereocenters. The van der Waals surface area contributed by atoms with Crippen LogP contribution >= 0.6 is 60.2 Å². The summed E-state index contributed by atoms with van der Waals surface area (Å²) in [6.07, 6.45) is -35.7. The van der Waals surface area contributed by atoms with Gasteiger partial charge < -0.3 is 224 Å². The first-order valence-electron chi connectivity index (χ1n) is 43.8. The normalized spacial score (nSPS) is 39.4. The lowest BCUT2D eigenvalue weighted by Gasteiger charge is -2.47. The number of nitrogens with zero attached hydrogens (tertiary/aromatic N) is 1. The van der Waals surface area contributed by atoms with Gasteiger partial charge in [0.1, 0.15) is 122 Å². The smallest absolute Gasteiger partial charge is 0.194 e. The quantitative estimate of drug-likeness (QED) is 0.0185. The van der Waals surface area contributed by atoms with Crippen LogP contribution in [0.15, 0.2) is 42.5 Å². The summed E-state index contributed by atoms with van der Waals surface area (Å²) in [4.78, 5) is 29.0. The van der Waals surface area contributed by atoms with Crippen LogP contribution in [0.25, 0.3) is 0 Å². The van der Waals surface area contributed by atoms with E-state index in [0.29, 0.717) is 87.5 Å². The summed E-state index contributed by atoms with van der Waals surface area (Å²) in [5.74, 6) is 0.817. The van der Waals surface area contributed by atoms with E-state index >= 15 is 0 Å². The third-order valence-electron chi connectivity index (χ3n) is 24.8. The molecule has 0 bridgehead atoms. The molecule has 14 unspecified atom stereocenters. The van der Waals surface area contributed by atoms with Gasteiger partial charge in [-0.15, -0.1) is 0 Å². The molecule has 2 aromatic rings. The molecule has 0 aromatic heterocycles. The molecule has 0 spiro atoms. The van der Waals surface area contributed by atoms with E-state index < -0.39 is 233 Å². The van der Waals surface area contributed by atoms with Crippen molar-refractivity contribution in [3.8, 4) is 0 Å². The molecule has 42 N–H and O–H groups in total. The number of aliphatic hydroxyl groups is 12. The predicted molar refractivity (Wildman–Crippen MR) is 483 cm³/mol. The van der Waals surface area contributed by atoms with Crippen LogP contribution in [0, 0.1) is 0 Å². The summed E-state index contributed by atoms with van der Waals surface area (Å²) in [6, 6.07) is 2.88. The van der Waals surface area contributed by atoms with Crippen LogP contribution in [0.4, 0.5) is 5.69 Å². The first-order chi connectivity index (χ1) is 61.7. The monoisotopic (exact) mass is 1930 g/mol. The van der Waals surface area contributed by atoms with Crippen molar-refractivity contribution in [2.24, 2.45) is 68.8 Å². The fourth-order valence-electron chi connectivity index (χ4n) is 17.2. The Balaban J connectivity index is 0.650. The zero-order valence-electron chi connectivity index (χ0n) is 71.5. The minimum Gasteiger partial charge on any atom is -0.389 e. The number of ketones is 2. The van der Waals surface area contributed by atoms with Crippen molar-refractivity contribution in [3.63, 3.8) is 0 Å². The van der Waals surface area contributed by atoms with Gasteiger partial charge in [0, 0.05) is 134 Å². The predicted octanol–water partition coefficient (Wildman–Crippen LogP) is -12.0. The lowest BCUT2D eigenvalue weighted by Crippen LogP contribution is -2.68. The van der Waals surface area contributed by atoms with E-state index in [1.165, 1.54) is 23.5 Å².